The lowest BCUT2D eigenvalue weighted by atomic mass is 10.4. The Labute approximate surface area is 63.9 Å². The fourth-order valence-corrected chi connectivity index (χ4v) is 0.618. The average Bonchev–Trinajstić information content (AvgIpc) is 1.88. The quantitative estimate of drug-likeness (QED) is 0.610. The molecule has 0 amide bonds. The predicted octanol–water partition coefficient (Wildman–Crippen LogP) is 0.855. The summed E-state index contributed by atoms with van der Waals surface area (Å²) in [5.74, 6) is 0. The first-order valence-corrected chi connectivity index (χ1v) is 3.17. The van der Waals surface area contributed by atoms with E-state index < -0.39 is 0 Å². The van der Waals surface area contributed by atoms with Crippen molar-refractivity contribution in [3.63, 3.8) is 0 Å². The number of thiol groups is 1. The molecule has 0 N–H and O–H groups in total. The third-order valence-corrected chi connectivity index (χ3v) is 1.23. The molecule has 0 aliphatic heterocycles. The molecule has 4 heteroatoms. The van der Waals surface area contributed by atoms with Crippen molar-refractivity contribution in [3.8, 4) is 0 Å². The van der Waals surface area contributed by atoms with E-state index in [1.807, 2.05) is 0 Å². The molecule has 1 heterocycles. The Morgan fingerprint density at radius 2 is 2.20 bits per heavy atom. The molecule has 0 aliphatic carbocycles. The second-order valence-corrected chi connectivity index (χ2v) is 2.25. The molecule has 0 aromatic carbocycles. The highest BCUT2D eigenvalue weighted by Gasteiger charge is 1.99. The zero-order valence-electron chi connectivity index (χ0n) is 5.40. The summed E-state index contributed by atoms with van der Waals surface area (Å²) >= 11 is 3.58. The maximum atomic E-state index is 10.5. The van der Waals surface area contributed by atoms with Crippen LogP contribution >= 0.6 is 12.6 Å². The molecule has 0 spiro atoms. The smallest absolute Gasteiger partial charge is 0.236 e. The Hall–Kier alpha value is -0.900. The van der Waals surface area contributed by atoms with Crippen LogP contribution in [0.15, 0.2) is 12.4 Å². The van der Waals surface area contributed by atoms with Crippen LogP contribution in [0, 0.1) is 6.92 Å². The fourth-order valence-electron chi connectivity index (χ4n) is 0.503. The predicted molar refractivity (Wildman–Crippen MR) is 40.1 cm³/mol. The Bertz CT molecular complexity index is 244. The molecule has 0 saturated heterocycles. The van der Waals surface area contributed by atoms with E-state index in [0.29, 0.717) is 0 Å². The molecule has 52 valence electrons. The monoisotopic (exact) mass is 154 g/mol. The molecule has 0 fully saturated rings. The summed E-state index contributed by atoms with van der Waals surface area (Å²) in [6.45, 7) is 1.81. The third-order valence-electron chi connectivity index (χ3n) is 1.00. The molecule has 0 saturated carbocycles. The highest BCUT2D eigenvalue weighted by molar-refractivity contribution is 7.97. The van der Waals surface area contributed by atoms with Crippen LogP contribution in [-0.4, -0.2) is 15.1 Å². The van der Waals surface area contributed by atoms with Crippen molar-refractivity contribution in [2.75, 3.05) is 0 Å². The van der Waals surface area contributed by atoms with Gasteiger partial charge in [0.1, 0.15) is 5.69 Å². The van der Waals surface area contributed by atoms with Crippen LogP contribution in [0.25, 0.3) is 0 Å². The SMILES string of the molecule is Cc1cnc(C(=O)S)cn1. The molecule has 3 nitrogen and oxygen atoms in total. The van der Waals surface area contributed by atoms with Crippen molar-refractivity contribution in [1.29, 1.82) is 0 Å². The van der Waals surface area contributed by atoms with Crippen molar-refractivity contribution in [1.82, 2.24) is 9.97 Å². The Morgan fingerprint density at radius 3 is 2.60 bits per heavy atom. The number of nitrogens with zero attached hydrogens (tertiary/aromatic N) is 2. The molecular formula is C6H6N2OS. The van der Waals surface area contributed by atoms with Gasteiger partial charge in [-0.2, -0.15) is 0 Å². The van der Waals surface area contributed by atoms with Gasteiger partial charge in [0, 0.05) is 6.20 Å². The van der Waals surface area contributed by atoms with Gasteiger partial charge in [-0.25, -0.2) is 4.98 Å². The van der Waals surface area contributed by atoms with Crippen molar-refractivity contribution in [2.24, 2.45) is 0 Å². The van der Waals surface area contributed by atoms with Crippen LogP contribution in [0.1, 0.15) is 16.2 Å². The molecule has 0 bridgehead atoms. The maximum Gasteiger partial charge on any atom is 0.236 e. The largest absolute Gasteiger partial charge is 0.280 e. The number of hydrogen-bond acceptors (Lipinski definition) is 3. The van der Waals surface area contributed by atoms with Crippen LogP contribution in [0.2, 0.25) is 0 Å². The molecule has 0 aliphatic rings. The van der Waals surface area contributed by atoms with Crippen LogP contribution in [0.3, 0.4) is 0 Å². The van der Waals surface area contributed by atoms with E-state index in [0.717, 1.165) is 5.69 Å². The van der Waals surface area contributed by atoms with Gasteiger partial charge in [-0.3, -0.25) is 9.78 Å². The normalized spacial score (nSPS) is 9.40. The highest BCUT2D eigenvalue weighted by Crippen LogP contribution is 1.96. The van der Waals surface area contributed by atoms with Gasteiger partial charge in [-0.1, -0.05) is 12.6 Å². The maximum absolute atomic E-state index is 10.5. The van der Waals surface area contributed by atoms with Gasteiger partial charge in [0.25, 0.3) is 0 Å². The molecule has 0 radical (unpaired) electrons. The first-order chi connectivity index (χ1) is 4.70. The van der Waals surface area contributed by atoms with E-state index in [1.54, 1.807) is 6.92 Å². The number of hydrogen-bond donors (Lipinski definition) is 1. The summed E-state index contributed by atoms with van der Waals surface area (Å²) in [7, 11) is 0. The van der Waals surface area contributed by atoms with Gasteiger partial charge in [-0.05, 0) is 6.92 Å². The second kappa shape index (κ2) is 2.79. The van der Waals surface area contributed by atoms with E-state index in [-0.39, 0.29) is 10.8 Å². The standard InChI is InChI=1S/C6H6N2OS/c1-4-2-8-5(3-7-4)6(9)10/h2-3H,1H3,(H,9,10). The van der Waals surface area contributed by atoms with Crippen LogP contribution < -0.4 is 0 Å². The summed E-state index contributed by atoms with van der Waals surface area (Å²) < 4.78 is 0. The lowest BCUT2D eigenvalue weighted by molar-refractivity contribution is 0.108. The van der Waals surface area contributed by atoms with Crippen LogP contribution in [-0.2, 0) is 0 Å². The van der Waals surface area contributed by atoms with E-state index in [9.17, 15) is 4.79 Å². The minimum atomic E-state index is -0.354. The topological polar surface area (TPSA) is 42.9 Å². The number of aromatic nitrogens is 2. The van der Waals surface area contributed by atoms with Gasteiger partial charge >= 0.3 is 0 Å². The van der Waals surface area contributed by atoms with Crippen LogP contribution in [0.5, 0.6) is 0 Å². The molecule has 10 heavy (non-hydrogen) atoms. The highest BCUT2D eigenvalue weighted by atomic mass is 32.1. The molecule has 1 rings (SSSR count). The van der Waals surface area contributed by atoms with Crippen molar-refractivity contribution in [3.05, 3.63) is 23.8 Å². The van der Waals surface area contributed by atoms with Gasteiger partial charge in [0.2, 0.25) is 5.12 Å². The lowest BCUT2D eigenvalue weighted by Crippen LogP contribution is -1.95. The lowest BCUT2D eigenvalue weighted by Gasteiger charge is -1.91. The molecule has 0 unspecified atom stereocenters. The van der Waals surface area contributed by atoms with Gasteiger partial charge < -0.3 is 0 Å². The van der Waals surface area contributed by atoms with Gasteiger partial charge in [0.15, 0.2) is 0 Å². The minimum Gasteiger partial charge on any atom is -0.280 e. The number of carbonyl (C=O) groups is 1. The zero-order chi connectivity index (χ0) is 7.56. The van der Waals surface area contributed by atoms with Crippen molar-refractivity contribution < 1.29 is 4.79 Å². The minimum absolute atomic E-state index is 0.286. The first kappa shape index (κ1) is 7.21. The van der Waals surface area contributed by atoms with E-state index >= 15 is 0 Å². The average molecular weight is 154 g/mol. The summed E-state index contributed by atoms with van der Waals surface area (Å²) in [5.41, 5.74) is 1.08. The summed E-state index contributed by atoms with van der Waals surface area (Å²) in [6.07, 6.45) is 2.94. The Morgan fingerprint density at radius 1 is 1.50 bits per heavy atom. The number of rotatable bonds is 1. The van der Waals surface area contributed by atoms with E-state index in [4.69, 9.17) is 0 Å². The number of aryl methyl sites for hydroxylation is 1. The first-order valence-electron chi connectivity index (χ1n) is 2.72. The Kier molecular flexibility index (Phi) is 2.01. The van der Waals surface area contributed by atoms with E-state index in [1.165, 1.54) is 12.4 Å². The summed E-state index contributed by atoms with van der Waals surface area (Å²) in [5, 5.41) is -0.354. The molecule has 1 aromatic heterocycles. The third kappa shape index (κ3) is 1.54. The number of carbonyl (C=O) groups excluding carboxylic acids is 1. The van der Waals surface area contributed by atoms with E-state index in [2.05, 4.69) is 22.6 Å². The Balaban J connectivity index is 3.00. The van der Waals surface area contributed by atoms with Gasteiger partial charge in [0.05, 0.1) is 11.9 Å². The van der Waals surface area contributed by atoms with Crippen molar-refractivity contribution >= 4 is 17.7 Å². The van der Waals surface area contributed by atoms with Gasteiger partial charge in [-0.15, -0.1) is 0 Å². The molecule has 1 aromatic rings. The fraction of sp³-hybridized carbons (Fsp3) is 0.167. The molecular weight excluding hydrogens is 148 g/mol. The summed E-state index contributed by atoms with van der Waals surface area (Å²) in [6, 6.07) is 0. The van der Waals surface area contributed by atoms with Crippen molar-refractivity contribution in [2.45, 2.75) is 6.92 Å². The van der Waals surface area contributed by atoms with Crippen LogP contribution in [0.4, 0.5) is 0 Å². The molecule has 0 atom stereocenters. The summed E-state index contributed by atoms with van der Waals surface area (Å²) in [4.78, 5) is 18.2. The second-order valence-electron chi connectivity index (χ2n) is 1.85. The zero-order valence-corrected chi connectivity index (χ0v) is 6.30.